The Labute approximate surface area is 183 Å². The largest absolute Gasteiger partial charge is 0.469 e. The molecule has 1 rings (SSSR count). The number of hydrogen-bond donors (Lipinski definition) is 1. The van der Waals surface area contributed by atoms with Crippen LogP contribution in [0.2, 0.25) is 0 Å². The molecule has 0 aromatic heterocycles. The molecule has 9 heteroatoms. The number of aliphatic hydroxyl groups excluding tert-OH is 1. The SMILES string of the molecule is C=C(C)C(=O)OCC(O)C1OC(=O)C1(C)CC(CC(C)(CC)C(=O)OC)C(=O)OCC. The molecule has 1 saturated heterocycles. The van der Waals surface area contributed by atoms with Crippen LogP contribution in [-0.4, -0.2) is 61.5 Å². The summed E-state index contributed by atoms with van der Waals surface area (Å²) in [4.78, 5) is 48.9. The Kier molecular flexibility index (Phi) is 9.23. The lowest BCUT2D eigenvalue weighted by molar-refractivity contribution is -0.228. The van der Waals surface area contributed by atoms with Gasteiger partial charge < -0.3 is 24.1 Å². The van der Waals surface area contributed by atoms with Gasteiger partial charge in [-0.3, -0.25) is 14.4 Å². The number of carbonyl (C=O) groups excluding carboxylic acids is 4. The van der Waals surface area contributed by atoms with Crippen molar-refractivity contribution in [3.63, 3.8) is 0 Å². The van der Waals surface area contributed by atoms with Gasteiger partial charge in [0.05, 0.1) is 25.0 Å². The molecule has 1 fully saturated rings. The molecule has 0 bridgehead atoms. The molecular weight excluding hydrogens is 408 g/mol. The van der Waals surface area contributed by atoms with Gasteiger partial charge in [0.15, 0.2) is 0 Å². The van der Waals surface area contributed by atoms with E-state index in [0.29, 0.717) is 6.42 Å². The van der Waals surface area contributed by atoms with Crippen molar-refractivity contribution in [2.45, 2.75) is 66.1 Å². The van der Waals surface area contributed by atoms with Gasteiger partial charge in [0, 0.05) is 5.57 Å². The standard InChI is InChI=1S/C22H34O9/c1-8-21(5,19(26)28-7)10-14(18(25)29-9-2)11-22(6)16(31-20(22)27)15(23)12-30-17(24)13(3)4/h14-16,23H,3,8-12H2,1-2,4-7H3. The zero-order valence-electron chi connectivity index (χ0n) is 19.2. The number of ether oxygens (including phenoxy) is 4. The Bertz CT molecular complexity index is 716. The highest BCUT2D eigenvalue weighted by Crippen LogP contribution is 2.46. The minimum Gasteiger partial charge on any atom is -0.469 e. The van der Waals surface area contributed by atoms with Crippen LogP contribution < -0.4 is 0 Å². The minimum absolute atomic E-state index is 0.00654. The van der Waals surface area contributed by atoms with E-state index in [1.807, 2.05) is 0 Å². The van der Waals surface area contributed by atoms with Crippen molar-refractivity contribution in [1.82, 2.24) is 0 Å². The summed E-state index contributed by atoms with van der Waals surface area (Å²) in [6.07, 6.45) is -1.76. The molecule has 5 unspecified atom stereocenters. The molecule has 1 N–H and O–H groups in total. The summed E-state index contributed by atoms with van der Waals surface area (Å²) in [7, 11) is 1.28. The smallest absolute Gasteiger partial charge is 0.333 e. The van der Waals surface area contributed by atoms with E-state index in [4.69, 9.17) is 18.9 Å². The van der Waals surface area contributed by atoms with Crippen molar-refractivity contribution in [2.24, 2.45) is 16.7 Å². The molecule has 0 amide bonds. The third kappa shape index (κ3) is 6.06. The fourth-order valence-electron chi connectivity index (χ4n) is 3.69. The van der Waals surface area contributed by atoms with Gasteiger partial charge in [-0.2, -0.15) is 0 Å². The first-order valence-electron chi connectivity index (χ1n) is 10.3. The first-order valence-corrected chi connectivity index (χ1v) is 10.3. The predicted molar refractivity (Wildman–Crippen MR) is 110 cm³/mol. The first kappa shape index (κ1) is 26.6. The second-order valence-corrected chi connectivity index (χ2v) is 8.45. The van der Waals surface area contributed by atoms with Crippen LogP contribution in [0, 0.1) is 16.7 Å². The number of esters is 4. The maximum atomic E-state index is 12.7. The van der Waals surface area contributed by atoms with Gasteiger partial charge in [0.1, 0.15) is 24.2 Å². The van der Waals surface area contributed by atoms with Crippen molar-refractivity contribution >= 4 is 23.9 Å². The number of hydrogen-bond acceptors (Lipinski definition) is 9. The lowest BCUT2D eigenvalue weighted by atomic mass is 9.67. The highest BCUT2D eigenvalue weighted by molar-refractivity contribution is 5.87. The van der Waals surface area contributed by atoms with Crippen molar-refractivity contribution in [2.75, 3.05) is 20.3 Å². The summed E-state index contributed by atoms with van der Waals surface area (Å²) < 4.78 is 20.1. The number of methoxy groups -OCH3 is 1. The van der Waals surface area contributed by atoms with Crippen molar-refractivity contribution in [1.29, 1.82) is 0 Å². The molecule has 0 aromatic rings. The van der Waals surface area contributed by atoms with Crippen LogP contribution in [0.25, 0.3) is 0 Å². The van der Waals surface area contributed by atoms with Gasteiger partial charge >= 0.3 is 23.9 Å². The summed E-state index contributed by atoms with van der Waals surface area (Å²) in [5.41, 5.74) is -2.01. The number of carbonyl (C=O) groups is 4. The molecule has 0 aromatic carbocycles. The van der Waals surface area contributed by atoms with Gasteiger partial charge in [0.25, 0.3) is 0 Å². The second-order valence-electron chi connectivity index (χ2n) is 8.45. The molecule has 1 heterocycles. The van der Waals surface area contributed by atoms with E-state index in [9.17, 15) is 24.3 Å². The van der Waals surface area contributed by atoms with Crippen LogP contribution in [0.5, 0.6) is 0 Å². The van der Waals surface area contributed by atoms with Gasteiger partial charge in [-0.05, 0) is 47.0 Å². The summed E-state index contributed by atoms with van der Waals surface area (Å²) in [5.74, 6) is -3.08. The van der Waals surface area contributed by atoms with E-state index in [-0.39, 0.29) is 25.0 Å². The summed E-state index contributed by atoms with van der Waals surface area (Å²) in [5, 5.41) is 10.4. The molecule has 1 aliphatic rings. The number of aliphatic hydroxyl groups is 1. The van der Waals surface area contributed by atoms with Crippen LogP contribution >= 0.6 is 0 Å². The van der Waals surface area contributed by atoms with Crippen LogP contribution in [0.1, 0.15) is 53.9 Å². The molecule has 0 saturated carbocycles. The normalized spacial score (nSPS) is 24.0. The highest BCUT2D eigenvalue weighted by atomic mass is 16.6. The average Bonchev–Trinajstić information content (AvgIpc) is 2.73. The maximum Gasteiger partial charge on any atom is 0.333 e. The summed E-state index contributed by atoms with van der Waals surface area (Å²) in [6.45, 7) is 11.4. The van der Waals surface area contributed by atoms with E-state index in [1.54, 1.807) is 27.7 Å². The Balaban J connectivity index is 3.05. The zero-order valence-corrected chi connectivity index (χ0v) is 19.2. The average molecular weight is 443 g/mol. The highest BCUT2D eigenvalue weighted by Gasteiger charge is 2.59. The predicted octanol–water partition coefficient (Wildman–Crippen LogP) is 1.95. The van der Waals surface area contributed by atoms with E-state index in [2.05, 4.69) is 6.58 Å². The molecule has 9 nitrogen and oxygen atoms in total. The second kappa shape index (κ2) is 10.7. The molecular formula is C22H34O9. The van der Waals surface area contributed by atoms with E-state index < -0.39 is 59.4 Å². The summed E-state index contributed by atoms with van der Waals surface area (Å²) >= 11 is 0. The van der Waals surface area contributed by atoms with Crippen LogP contribution in [0.15, 0.2) is 12.2 Å². The van der Waals surface area contributed by atoms with Gasteiger partial charge in [-0.15, -0.1) is 0 Å². The maximum absolute atomic E-state index is 12.7. The quantitative estimate of drug-likeness (QED) is 0.274. The molecule has 0 radical (unpaired) electrons. The monoisotopic (exact) mass is 442 g/mol. The summed E-state index contributed by atoms with van der Waals surface area (Å²) in [6, 6.07) is 0. The van der Waals surface area contributed by atoms with Crippen LogP contribution in [0.4, 0.5) is 0 Å². The molecule has 5 atom stereocenters. The zero-order chi connectivity index (χ0) is 24.0. The molecule has 0 aliphatic carbocycles. The van der Waals surface area contributed by atoms with Gasteiger partial charge in [-0.1, -0.05) is 13.5 Å². The third-order valence-electron chi connectivity index (χ3n) is 5.86. The fraction of sp³-hybridized carbons (Fsp3) is 0.727. The third-order valence-corrected chi connectivity index (χ3v) is 5.86. The van der Waals surface area contributed by atoms with Gasteiger partial charge in [-0.25, -0.2) is 4.79 Å². The number of rotatable bonds is 12. The minimum atomic E-state index is -1.29. The Morgan fingerprint density at radius 2 is 1.90 bits per heavy atom. The Morgan fingerprint density at radius 1 is 1.29 bits per heavy atom. The fourth-order valence-corrected chi connectivity index (χ4v) is 3.69. The van der Waals surface area contributed by atoms with Crippen molar-refractivity contribution in [3.05, 3.63) is 12.2 Å². The van der Waals surface area contributed by atoms with Crippen molar-refractivity contribution in [3.8, 4) is 0 Å². The molecule has 0 spiro atoms. The van der Waals surface area contributed by atoms with Crippen LogP contribution in [0.3, 0.4) is 0 Å². The molecule has 31 heavy (non-hydrogen) atoms. The topological polar surface area (TPSA) is 125 Å². The van der Waals surface area contributed by atoms with E-state index in [0.717, 1.165) is 0 Å². The van der Waals surface area contributed by atoms with E-state index >= 15 is 0 Å². The first-order chi connectivity index (χ1) is 14.4. The Hall–Kier alpha value is -2.42. The van der Waals surface area contributed by atoms with Crippen LogP contribution in [-0.2, 0) is 38.1 Å². The lowest BCUT2D eigenvalue weighted by Crippen LogP contribution is -2.62. The Morgan fingerprint density at radius 3 is 2.35 bits per heavy atom. The van der Waals surface area contributed by atoms with Gasteiger partial charge in [0.2, 0.25) is 0 Å². The van der Waals surface area contributed by atoms with Crippen molar-refractivity contribution < 1.29 is 43.2 Å². The number of cyclic esters (lactones) is 1. The molecule has 1 aliphatic heterocycles. The van der Waals surface area contributed by atoms with E-state index in [1.165, 1.54) is 14.0 Å². The lowest BCUT2D eigenvalue weighted by Gasteiger charge is -2.47. The molecule has 176 valence electrons.